The Hall–Kier alpha value is -4.20. The van der Waals surface area contributed by atoms with E-state index in [9.17, 15) is 14.7 Å². The van der Waals surface area contributed by atoms with Crippen molar-refractivity contribution in [1.82, 2.24) is 0 Å². The molecule has 152 valence electrons. The molecule has 0 saturated heterocycles. The monoisotopic (exact) mass is 408 g/mol. The minimum Gasteiger partial charge on any atom is -0.481 e. The molecule has 0 bridgehead atoms. The molecule has 2 N–H and O–H groups in total. The van der Waals surface area contributed by atoms with Gasteiger partial charge in [-0.3, -0.25) is 4.79 Å². The Morgan fingerprint density at radius 1 is 0.833 bits per heavy atom. The van der Waals surface area contributed by atoms with E-state index in [-0.39, 0.29) is 30.3 Å². The van der Waals surface area contributed by atoms with Crippen LogP contribution in [0.4, 0.5) is 0 Å². The summed E-state index contributed by atoms with van der Waals surface area (Å²) >= 11 is 0. The van der Waals surface area contributed by atoms with Crippen LogP contribution in [0.1, 0.15) is 15.9 Å². The predicted molar refractivity (Wildman–Crippen MR) is 104 cm³/mol. The number of carbonyl (C=O) groups is 2. The van der Waals surface area contributed by atoms with Crippen LogP contribution in [0.5, 0.6) is 34.5 Å². The van der Waals surface area contributed by atoms with Crippen LogP contribution in [0.15, 0.2) is 60.7 Å². The van der Waals surface area contributed by atoms with Gasteiger partial charge in [-0.2, -0.15) is 0 Å². The molecule has 0 saturated carbocycles. The Morgan fingerprint density at radius 3 is 2.20 bits per heavy atom. The van der Waals surface area contributed by atoms with Crippen molar-refractivity contribution in [2.45, 2.75) is 6.42 Å². The molecule has 4 rings (SSSR count). The lowest BCUT2D eigenvalue weighted by Crippen LogP contribution is -2.04. The fraction of sp³-hybridized carbons (Fsp3) is 0.0909. The number of aliphatic carboxylic acids is 1. The molecule has 0 radical (unpaired) electrons. The summed E-state index contributed by atoms with van der Waals surface area (Å²) < 4.78 is 22.1. The zero-order valence-corrected chi connectivity index (χ0v) is 15.5. The van der Waals surface area contributed by atoms with E-state index >= 15 is 0 Å². The highest BCUT2D eigenvalue weighted by Crippen LogP contribution is 2.39. The van der Waals surface area contributed by atoms with Gasteiger partial charge in [0.15, 0.2) is 11.5 Å². The maximum Gasteiger partial charge on any atom is 0.343 e. The number of rotatable bonds is 7. The first kappa shape index (κ1) is 19.1. The number of ether oxygens (including phenoxy) is 4. The zero-order valence-electron chi connectivity index (χ0n) is 15.5. The second-order valence-electron chi connectivity index (χ2n) is 6.37. The second kappa shape index (κ2) is 8.04. The van der Waals surface area contributed by atoms with E-state index in [4.69, 9.17) is 24.1 Å². The number of aromatic carboxylic acids is 1. The first-order valence-corrected chi connectivity index (χ1v) is 8.92. The van der Waals surface area contributed by atoms with Crippen molar-refractivity contribution in [3.63, 3.8) is 0 Å². The van der Waals surface area contributed by atoms with Gasteiger partial charge in [-0.05, 0) is 42.0 Å². The molecule has 8 heteroatoms. The fourth-order valence-corrected chi connectivity index (χ4v) is 2.98. The van der Waals surface area contributed by atoms with Crippen LogP contribution in [-0.2, 0) is 11.2 Å². The van der Waals surface area contributed by atoms with Crippen molar-refractivity contribution in [3.8, 4) is 34.5 Å². The number of hydrogen-bond acceptors (Lipinski definition) is 6. The summed E-state index contributed by atoms with van der Waals surface area (Å²) in [4.78, 5) is 22.9. The van der Waals surface area contributed by atoms with Crippen LogP contribution in [0.25, 0.3) is 0 Å². The minimum absolute atomic E-state index is 0.0632. The van der Waals surface area contributed by atoms with Gasteiger partial charge >= 0.3 is 11.9 Å². The van der Waals surface area contributed by atoms with Gasteiger partial charge < -0.3 is 29.2 Å². The molecular formula is C22H16O8. The van der Waals surface area contributed by atoms with Gasteiger partial charge in [-0.25, -0.2) is 4.79 Å². The highest BCUT2D eigenvalue weighted by molar-refractivity contribution is 5.94. The molecule has 8 nitrogen and oxygen atoms in total. The van der Waals surface area contributed by atoms with Crippen LogP contribution < -0.4 is 18.9 Å². The zero-order chi connectivity index (χ0) is 21.1. The third-order valence-corrected chi connectivity index (χ3v) is 4.26. The first-order valence-electron chi connectivity index (χ1n) is 8.92. The largest absolute Gasteiger partial charge is 0.481 e. The Balaban J connectivity index is 1.63. The van der Waals surface area contributed by atoms with Gasteiger partial charge in [-0.15, -0.1) is 0 Å². The molecule has 0 atom stereocenters. The van der Waals surface area contributed by atoms with E-state index < -0.39 is 11.9 Å². The van der Waals surface area contributed by atoms with Gasteiger partial charge in [0.25, 0.3) is 0 Å². The van der Waals surface area contributed by atoms with Crippen LogP contribution in [0, 0.1) is 0 Å². The molecule has 0 fully saturated rings. The van der Waals surface area contributed by atoms with Crippen molar-refractivity contribution in [2.24, 2.45) is 0 Å². The standard InChI is InChI=1S/C22H16O8/c23-20(24)10-13-3-1-4-14(9-13)29-17-5-2-6-18(21(17)22(25)26)30-15-7-8-16-19(11-15)28-12-27-16/h1-9,11H,10,12H2,(H,23,24)(H,25,26). The lowest BCUT2D eigenvalue weighted by atomic mass is 10.1. The molecule has 3 aromatic rings. The van der Waals surface area contributed by atoms with E-state index in [1.807, 2.05) is 0 Å². The highest BCUT2D eigenvalue weighted by atomic mass is 16.7. The maximum absolute atomic E-state index is 11.9. The Labute approximate surface area is 170 Å². The smallest absolute Gasteiger partial charge is 0.343 e. The predicted octanol–water partition coefficient (Wildman–Crippen LogP) is 4.33. The fourth-order valence-electron chi connectivity index (χ4n) is 2.98. The lowest BCUT2D eigenvalue weighted by molar-refractivity contribution is -0.136. The molecular weight excluding hydrogens is 392 g/mol. The van der Waals surface area contributed by atoms with E-state index in [0.717, 1.165) is 0 Å². The van der Waals surface area contributed by atoms with Gasteiger partial charge in [0.05, 0.1) is 6.42 Å². The number of fused-ring (bicyclic) bond motifs is 1. The number of carboxylic acids is 2. The van der Waals surface area contributed by atoms with Gasteiger partial charge in [0, 0.05) is 6.07 Å². The maximum atomic E-state index is 11.9. The Morgan fingerprint density at radius 2 is 1.50 bits per heavy atom. The average molecular weight is 408 g/mol. The SMILES string of the molecule is O=C(O)Cc1cccc(Oc2cccc(Oc3ccc4c(c3)OCO4)c2C(=O)O)c1. The molecule has 1 aliphatic heterocycles. The topological polar surface area (TPSA) is 112 Å². The van der Waals surface area contributed by atoms with Gasteiger partial charge in [0.1, 0.15) is 28.6 Å². The summed E-state index contributed by atoms with van der Waals surface area (Å²) in [5.74, 6) is -0.278. The summed E-state index contributed by atoms with van der Waals surface area (Å²) in [5.41, 5.74) is 0.364. The van der Waals surface area contributed by atoms with Crippen LogP contribution >= 0.6 is 0 Å². The molecule has 30 heavy (non-hydrogen) atoms. The van der Waals surface area contributed by atoms with Crippen molar-refractivity contribution < 1.29 is 38.7 Å². The van der Waals surface area contributed by atoms with Crippen molar-refractivity contribution >= 4 is 11.9 Å². The Kier molecular flexibility index (Phi) is 5.13. The molecule has 1 aliphatic rings. The highest BCUT2D eigenvalue weighted by Gasteiger charge is 2.21. The van der Waals surface area contributed by atoms with Crippen molar-refractivity contribution in [2.75, 3.05) is 6.79 Å². The minimum atomic E-state index is -1.23. The second-order valence-corrected chi connectivity index (χ2v) is 6.37. The summed E-state index contributed by atoms with van der Waals surface area (Å²) in [7, 11) is 0. The molecule has 3 aromatic carbocycles. The molecule has 0 amide bonds. The Bertz CT molecular complexity index is 1120. The quantitative estimate of drug-likeness (QED) is 0.594. The van der Waals surface area contributed by atoms with Gasteiger partial charge in [-0.1, -0.05) is 18.2 Å². The van der Waals surface area contributed by atoms with Crippen molar-refractivity contribution in [3.05, 3.63) is 71.8 Å². The summed E-state index contributed by atoms with van der Waals surface area (Å²) in [6, 6.07) is 16.0. The number of carboxylic acid groups (broad SMARTS) is 2. The molecule has 0 aliphatic carbocycles. The van der Waals surface area contributed by atoms with E-state index in [1.54, 1.807) is 48.5 Å². The average Bonchev–Trinajstić information content (AvgIpc) is 3.15. The van der Waals surface area contributed by atoms with Gasteiger partial charge in [0.2, 0.25) is 6.79 Å². The molecule has 0 spiro atoms. The first-order chi connectivity index (χ1) is 14.5. The van der Waals surface area contributed by atoms with E-state index in [0.29, 0.717) is 28.6 Å². The summed E-state index contributed by atoms with van der Waals surface area (Å²) in [6.45, 7) is 0.115. The van der Waals surface area contributed by atoms with Crippen molar-refractivity contribution in [1.29, 1.82) is 0 Å². The third kappa shape index (κ3) is 4.12. The molecule has 0 aromatic heterocycles. The summed E-state index contributed by atoms with van der Waals surface area (Å²) in [5, 5.41) is 18.7. The number of benzene rings is 3. The normalized spacial score (nSPS) is 11.7. The van der Waals surface area contributed by atoms with Crippen LogP contribution in [0.2, 0.25) is 0 Å². The van der Waals surface area contributed by atoms with E-state index in [2.05, 4.69) is 0 Å². The lowest BCUT2D eigenvalue weighted by Gasteiger charge is -2.14. The molecule has 0 unspecified atom stereocenters. The van der Waals surface area contributed by atoms with Crippen LogP contribution in [0.3, 0.4) is 0 Å². The number of hydrogen-bond donors (Lipinski definition) is 2. The molecule has 1 heterocycles. The van der Waals surface area contributed by atoms with Crippen LogP contribution in [-0.4, -0.2) is 28.9 Å². The van der Waals surface area contributed by atoms with E-state index in [1.165, 1.54) is 12.1 Å². The third-order valence-electron chi connectivity index (χ3n) is 4.26. The summed E-state index contributed by atoms with van der Waals surface area (Å²) in [6.07, 6.45) is -0.170.